The Hall–Kier alpha value is -3.37. The highest BCUT2D eigenvalue weighted by atomic mass is 32.1. The molecule has 0 bridgehead atoms. The summed E-state index contributed by atoms with van der Waals surface area (Å²) in [6, 6.07) is 10.8. The highest BCUT2D eigenvalue weighted by Gasteiger charge is 2.22. The summed E-state index contributed by atoms with van der Waals surface area (Å²) in [7, 11) is 0. The van der Waals surface area contributed by atoms with Crippen molar-refractivity contribution in [3.8, 4) is 0 Å². The molecule has 1 heterocycles. The number of hydrogen-bond acceptors (Lipinski definition) is 7. The Kier molecular flexibility index (Phi) is 6.70. The molecule has 2 N–H and O–H groups in total. The summed E-state index contributed by atoms with van der Waals surface area (Å²) in [6.07, 6.45) is 0. The first-order chi connectivity index (χ1) is 14.3. The van der Waals surface area contributed by atoms with E-state index >= 15 is 0 Å². The fraction of sp³-hybridized carbons (Fsp3) is 0.250. The molecule has 2 aromatic carbocycles. The lowest BCUT2D eigenvalue weighted by atomic mass is 10.1. The number of ketones is 1. The Bertz CT molecular complexity index is 987. The number of nitro groups is 1. The third-order valence-electron chi connectivity index (χ3n) is 4.56. The van der Waals surface area contributed by atoms with E-state index in [1.807, 2.05) is 4.90 Å². The number of Topliss-reactive ketones (excluding diaryl/α,β-unsaturated/α-hetero) is 1. The van der Waals surface area contributed by atoms with Crippen LogP contribution in [-0.2, 0) is 4.74 Å². The summed E-state index contributed by atoms with van der Waals surface area (Å²) in [5.74, 6) is -0.614. The van der Waals surface area contributed by atoms with Crippen LogP contribution in [0.25, 0.3) is 0 Å². The van der Waals surface area contributed by atoms with Crippen molar-refractivity contribution < 1.29 is 19.2 Å². The molecule has 2 aromatic rings. The molecule has 156 valence electrons. The largest absolute Gasteiger partial charge is 0.378 e. The van der Waals surface area contributed by atoms with Crippen molar-refractivity contribution in [2.45, 2.75) is 6.92 Å². The zero-order chi connectivity index (χ0) is 21.7. The van der Waals surface area contributed by atoms with Crippen molar-refractivity contribution in [3.63, 3.8) is 0 Å². The number of nitro benzene ring substituents is 1. The average molecular weight is 428 g/mol. The molecule has 0 unspecified atom stereocenters. The lowest BCUT2D eigenvalue weighted by molar-refractivity contribution is -0.384. The van der Waals surface area contributed by atoms with E-state index in [4.69, 9.17) is 17.0 Å². The Morgan fingerprint density at radius 1 is 1.13 bits per heavy atom. The van der Waals surface area contributed by atoms with Crippen molar-refractivity contribution in [3.05, 3.63) is 63.7 Å². The Balaban J connectivity index is 1.77. The fourth-order valence-corrected chi connectivity index (χ4v) is 3.23. The number of nitrogens with zero attached hydrogens (tertiary/aromatic N) is 2. The predicted octanol–water partition coefficient (Wildman–Crippen LogP) is 2.76. The summed E-state index contributed by atoms with van der Waals surface area (Å²) in [4.78, 5) is 36.8. The van der Waals surface area contributed by atoms with E-state index in [9.17, 15) is 19.7 Å². The maximum absolute atomic E-state index is 12.9. The van der Waals surface area contributed by atoms with Gasteiger partial charge in [-0.15, -0.1) is 0 Å². The minimum absolute atomic E-state index is 0.0370. The lowest BCUT2D eigenvalue weighted by Crippen LogP contribution is -2.39. The first-order valence-electron chi connectivity index (χ1n) is 9.19. The van der Waals surface area contributed by atoms with Gasteiger partial charge in [0.2, 0.25) is 0 Å². The molecule has 1 amide bonds. The maximum atomic E-state index is 12.9. The molecule has 0 aromatic heterocycles. The van der Waals surface area contributed by atoms with Gasteiger partial charge in [-0.25, -0.2) is 0 Å². The van der Waals surface area contributed by atoms with Crippen LogP contribution < -0.4 is 15.5 Å². The van der Waals surface area contributed by atoms with Crippen LogP contribution in [0.2, 0.25) is 0 Å². The van der Waals surface area contributed by atoms with E-state index in [1.165, 1.54) is 19.1 Å². The third-order valence-corrected chi connectivity index (χ3v) is 4.77. The van der Waals surface area contributed by atoms with E-state index < -0.39 is 10.8 Å². The first kappa shape index (κ1) is 21.3. The van der Waals surface area contributed by atoms with Crippen LogP contribution in [0.15, 0.2) is 42.5 Å². The van der Waals surface area contributed by atoms with Crippen LogP contribution in [-0.4, -0.2) is 48.0 Å². The topological polar surface area (TPSA) is 114 Å². The molecule has 1 aliphatic heterocycles. The highest BCUT2D eigenvalue weighted by molar-refractivity contribution is 7.80. The molecule has 0 saturated carbocycles. The van der Waals surface area contributed by atoms with E-state index in [0.29, 0.717) is 43.2 Å². The van der Waals surface area contributed by atoms with E-state index in [-0.39, 0.29) is 22.1 Å². The number of anilines is 2. The van der Waals surface area contributed by atoms with Gasteiger partial charge in [0, 0.05) is 36.5 Å². The normalized spacial score (nSPS) is 13.4. The summed E-state index contributed by atoms with van der Waals surface area (Å²) < 4.78 is 5.34. The molecule has 10 heteroatoms. The minimum atomic E-state index is -0.557. The number of hydrogen-bond donors (Lipinski definition) is 2. The van der Waals surface area contributed by atoms with Crippen molar-refractivity contribution in [1.29, 1.82) is 0 Å². The van der Waals surface area contributed by atoms with Crippen LogP contribution in [0, 0.1) is 10.1 Å². The van der Waals surface area contributed by atoms with E-state index in [2.05, 4.69) is 10.6 Å². The fourth-order valence-electron chi connectivity index (χ4n) is 3.02. The second kappa shape index (κ2) is 9.42. The number of carbonyl (C=O) groups is 2. The van der Waals surface area contributed by atoms with Crippen LogP contribution >= 0.6 is 12.2 Å². The standard InChI is InChI=1S/C20H20N4O5S/c1-13(25)14-2-4-15(5-3-14)21-20(30)22-19(26)17-12-16(24(27)28)6-7-18(17)23-8-10-29-11-9-23/h2-7,12H,8-11H2,1H3,(H2,21,22,26,30). The second-order valence-corrected chi connectivity index (χ2v) is 7.01. The van der Waals surface area contributed by atoms with Crippen LogP contribution in [0.5, 0.6) is 0 Å². The number of benzene rings is 2. The quantitative estimate of drug-likeness (QED) is 0.323. The van der Waals surface area contributed by atoms with Crippen LogP contribution in [0.3, 0.4) is 0 Å². The van der Waals surface area contributed by atoms with Crippen molar-refractivity contribution in [1.82, 2.24) is 5.32 Å². The summed E-state index contributed by atoms with van der Waals surface area (Å²) in [5.41, 5.74) is 1.70. The Labute approximate surface area is 178 Å². The van der Waals surface area contributed by atoms with Gasteiger partial charge in [-0.1, -0.05) is 0 Å². The lowest BCUT2D eigenvalue weighted by Gasteiger charge is -2.30. The average Bonchev–Trinajstić information content (AvgIpc) is 2.74. The molecule has 0 aliphatic carbocycles. The molecule has 1 saturated heterocycles. The molecule has 0 atom stereocenters. The highest BCUT2D eigenvalue weighted by Crippen LogP contribution is 2.26. The molecule has 0 spiro atoms. The number of ether oxygens (including phenoxy) is 1. The van der Waals surface area contributed by atoms with Gasteiger partial charge in [0.25, 0.3) is 11.6 Å². The molecule has 30 heavy (non-hydrogen) atoms. The number of rotatable bonds is 5. The van der Waals surface area contributed by atoms with Crippen LogP contribution in [0.1, 0.15) is 27.6 Å². The number of thiocarbonyl (C=S) groups is 1. The SMILES string of the molecule is CC(=O)c1ccc(NC(=S)NC(=O)c2cc([N+](=O)[O-])ccc2N2CCOCC2)cc1. The molecular weight excluding hydrogens is 408 g/mol. The van der Waals surface area contributed by atoms with Crippen molar-refractivity contribution in [2.75, 3.05) is 36.5 Å². The van der Waals surface area contributed by atoms with Gasteiger partial charge >= 0.3 is 0 Å². The smallest absolute Gasteiger partial charge is 0.270 e. The molecule has 3 rings (SSSR count). The maximum Gasteiger partial charge on any atom is 0.270 e. The Morgan fingerprint density at radius 3 is 2.40 bits per heavy atom. The van der Waals surface area contributed by atoms with Crippen LogP contribution in [0.4, 0.5) is 17.1 Å². The van der Waals surface area contributed by atoms with Gasteiger partial charge in [-0.05, 0) is 49.5 Å². The second-order valence-electron chi connectivity index (χ2n) is 6.60. The van der Waals surface area contributed by atoms with Gasteiger partial charge < -0.3 is 15.0 Å². The molecule has 0 radical (unpaired) electrons. The number of amides is 1. The Morgan fingerprint density at radius 2 is 1.80 bits per heavy atom. The molecular formula is C20H20N4O5S. The summed E-state index contributed by atoms with van der Waals surface area (Å²) in [6.45, 7) is 3.63. The molecule has 1 aliphatic rings. The summed E-state index contributed by atoms with van der Waals surface area (Å²) in [5, 5.41) is 16.6. The predicted molar refractivity (Wildman–Crippen MR) is 116 cm³/mol. The minimum Gasteiger partial charge on any atom is -0.378 e. The first-order valence-corrected chi connectivity index (χ1v) is 9.60. The van der Waals surface area contributed by atoms with Gasteiger partial charge in [0.15, 0.2) is 10.9 Å². The number of morpholine rings is 1. The van der Waals surface area contributed by atoms with E-state index in [0.717, 1.165) is 0 Å². The van der Waals surface area contributed by atoms with Gasteiger partial charge in [-0.3, -0.25) is 25.0 Å². The third kappa shape index (κ3) is 5.16. The van der Waals surface area contributed by atoms with Gasteiger partial charge in [0.05, 0.1) is 29.4 Å². The zero-order valence-corrected chi connectivity index (χ0v) is 17.0. The number of nitrogens with one attached hydrogen (secondary N) is 2. The van der Waals surface area contributed by atoms with Gasteiger partial charge in [-0.2, -0.15) is 0 Å². The molecule has 9 nitrogen and oxygen atoms in total. The number of non-ortho nitro benzene ring substituents is 1. The van der Waals surface area contributed by atoms with Gasteiger partial charge in [0.1, 0.15) is 0 Å². The zero-order valence-electron chi connectivity index (χ0n) is 16.2. The van der Waals surface area contributed by atoms with Crippen molar-refractivity contribution in [2.24, 2.45) is 0 Å². The number of carbonyl (C=O) groups excluding carboxylic acids is 2. The molecule has 1 fully saturated rings. The van der Waals surface area contributed by atoms with E-state index in [1.54, 1.807) is 30.3 Å². The van der Waals surface area contributed by atoms with Crippen molar-refractivity contribution >= 4 is 46.1 Å². The monoisotopic (exact) mass is 428 g/mol. The summed E-state index contributed by atoms with van der Waals surface area (Å²) >= 11 is 5.20.